The third-order valence-electron chi connectivity index (χ3n) is 1.42. The third-order valence-corrected chi connectivity index (χ3v) is 1.42. The Morgan fingerprint density at radius 2 is 2.10 bits per heavy atom. The summed E-state index contributed by atoms with van der Waals surface area (Å²) < 4.78 is 36.1. The maximum atomic E-state index is 12.2. The van der Waals surface area contributed by atoms with Gasteiger partial charge >= 0.3 is 6.16 Å². The van der Waals surface area contributed by atoms with Crippen LogP contribution in [0, 0.1) is 0 Å². The lowest BCUT2D eigenvalue weighted by atomic mass is 10.3. The average Bonchev–Trinajstić information content (AvgIpc) is 2.10. The minimum atomic E-state index is -2.89. The molecule has 10 heavy (non-hydrogen) atoms. The van der Waals surface area contributed by atoms with Crippen molar-refractivity contribution in [1.82, 2.24) is 4.90 Å². The fourth-order valence-electron chi connectivity index (χ4n) is 0.886. The van der Waals surface area contributed by atoms with Gasteiger partial charge in [-0.25, -0.2) is 13.6 Å². The zero-order valence-electron chi connectivity index (χ0n) is 5.11. The number of hydrogen-bond acceptors (Lipinski definition) is 1. The van der Waals surface area contributed by atoms with Gasteiger partial charge in [-0.05, 0) is 0 Å². The van der Waals surface area contributed by atoms with Crippen LogP contribution in [0.5, 0.6) is 0 Å². The second-order valence-corrected chi connectivity index (χ2v) is 2.28. The molecular weight excluding hydrogens is 147 g/mol. The van der Waals surface area contributed by atoms with E-state index in [4.69, 9.17) is 0 Å². The van der Waals surface area contributed by atoms with E-state index in [1.54, 1.807) is 0 Å². The molecule has 0 spiro atoms. The molecule has 1 aliphatic rings. The molecule has 1 aliphatic heterocycles. The summed E-state index contributed by atoms with van der Waals surface area (Å²) in [6.07, 6.45) is -2.19. The van der Waals surface area contributed by atoms with E-state index in [1.165, 1.54) is 0 Å². The summed E-state index contributed by atoms with van der Waals surface area (Å²) in [7, 11) is 0. The summed E-state index contributed by atoms with van der Waals surface area (Å²) >= 11 is 0. The van der Waals surface area contributed by atoms with E-state index >= 15 is 0 Å². The van der Waals surface area contributed by atoms with Crippen LogP contribution in [0.4, 0.5) is 18.0 Å². The molecule has 1 saturated heterocycles. The Bertz CT molecular complexity index is 159. The molecule has 0 radical (unpaired) electrons. The van der Waals surface area contributed by atoms with E-state index in [0.29, 0.717) is 4.90 Å². The van der Waals surface area contributed by atoms with Crippen LogP contribution in [0.25, 0.3) is 0 Å². The lowest BCUT2D eigenvalue weighted by Gasteiger charge is -2.09. The van der Waals surface area contributed by atoms with Crippen LogP contribution >= 0.6 is 0 Å². The number of rotatable bonds is 0. The predicted molar refractivity (Wildman–Crippen MR) is 27.6 cm³/mol. The molecular formula is C5H6F3NO. The van der Waals surface area contributed by atoms with Crippen molar-refractivity contribution < 1.29 is 18.0 Å². The van der Waals surface area contributed by atoms with E-state index in [0.717, 1.165) is 0 Å². The summed E-state index contributed by atoms with van der Waals surface area (Å²) in [6, 6.07) is 0. The number of carbonyl (C=O) groups excluding carboxylic acids is 1. The van der Waals surface area contributed by atoms with Crippen LogP contribution in [-0.2, 0) is 0 Å². The highest BCUT2D eigenvalue weighted by Gasteiger charge is 2.40. The Morgan fingerprint density at radius 1 is 1.50 bits per heavy atom. The van der Waals surface area contributed by atoms with E-state index in [9.17, 15) is 18.0 Å². The van der Waals surface area contributed by atoms with Crippen LogP contribution in [0.15, 0.2) is 0 Å². The molecule has 1 fully saturated rings. The summed E-state index contributed by atoms with van der Waals surface area (Å²) in [4.78, 5) is 10.4. The first kappa shape index (κ1) is 7.37. The number of likely N-dealkylation sites (tertiary alicyclic amines) is 1. The molecule has 5 heteroatoms. The van der Waals surface area contributed by atoms with E-state index in [2.05, 4.69) is 0 Å². The molecule has 1 heterocycles. The first-order valence-corrected chi connectivity index (χ1v) is 2.83. The smallest absolute Gasteiger partial charge is 0.308 e. The maximum absolute atomic E-state index is 12.2. The van der Waals surface area contributed by atoms with Gasteiger partial charge in [-0.3, -0.25) is 0 Å². The molecule has 58 valence electrons. The van der Waals surface area contributed by atoms with Gasteiger partial charge in [0.2, 0.25) is 0 Å². The summed E-state index contributed by atoms with van der Waals surface area (Å²) in [5.74, 6) is -2.89. The van der Waals surface area contributed by atoms with Gasteiger partial charge in [0.05, 0.1) is 6.54 Å². The van der Waals surface area contributed by atoms with Crippen LogP contribution in [-0.4, -0.2) is 30.1 Å². The lowest BCUT2D eigenvalue weighted by Crippen LogP contribution is -2.27. The summed E-state index contributed by atoms with van der Waals surface area (Å²) in [5, 5.41) is 0. The third kappa shape index (κ3) is 1.40. The van der Waals surface area contributed by atoms with Crippen LogP contribution < -0.4 is 0 Å². The number of alkyl halides is 2. The second-order valence-electron chi connectivity index (χ2n) is 2.28. The van der Waals surface area contributed by atoms with Crippen molar-refractivity contribution in [1.29, 1.82) is 0 Å². The van der Waals surface area contributed by atoms with Gasteiger partial charge in [-0.15, -0.1) is 4.39 Å². The van der Waals surface area contributed by atoms with Gasteiger partial charge in [0.15, 0.2) is 0 Å². The van der Waals surface area contributed by atoms with E-state index < -0.39 is 25.0 Å². The molecule has 0 N–H and O–H groups in total. The normalized spacial score (nSPS) is 23.3. The largest absolute Gasteiger partial charge is 0.400 e. The van der Waals surface area contributed by atoms with Crippen molar-refractivity contribution in [2.24, 2.45) is 0 Å². The van der Waals surface area contributed by atoms with Crippen LogP contribution in [0.1, 0.15) is 6.42 Å². The van der Waals surface area contributed by atoms with Crippen molar-refractivity contribution in [2.45, 2.75) is 12.3 Å². The number of carbonyl (C=O) groups is 1. The van der Waals surface area contributed by atoms with E-state index in [1.807, 2.05) is 0 Å². The number of halogens is 3. The molecule has 0 aromatic heterocycles. The molecule has 0 aromatic carbocycles. The van der Waals surface area contributed by atoms with Crippen molar-refractivity contribution in [2.75, 3.05) is 13.1 Å². The topological polar surface area (TPSA) is 20.3 Å². The SMILES string of the molecule is O=C(F)N1CCC(F)(F)C1. The van der Waals surface area contributed by atoms with Gasteiger partial charge in [0, 0.05) is 13.0 Å². The first-order chi connectivity index (χ1) is 4.51. The predicted octanol–water partition coefficient (Wildman–Crippen LogP) is 1.42. The lowest BCUT2D eigenvalue weighted by molar-refractivity contribution is 0.0143. The van der Waals surface area contributed by atoms with Crippen molar-refractivity contribution in [3.05, 3.63) is 0 Å². The van der Waals surface area contributed by atoms with Gasteiger partial charge < -0.3 is 4.90 Å². The van der Waals surface area contributed by atoms with Gasteiger partial charge in [-0.1, -0.05) is 0 Å². The van der Waals surface area contributed by atoms with Crippen molar-refractivity contribution >= 4 is 6.16 Å². The Morgan fingerprint density at radius 3 is 2.30 bits per heavy atom. The monoisotopic (exact) mass is 153 g/mol. The van der Waals surface area contributed by atoms with Crippen molar-refractivity contribution in [3.63, 3.8) is 0 Å². The Kier molecular flexibility index (Phi) is 1.58. The maximum Gasteiger partial charge on any atom is 0.400 e. The molecule has 0 aliphatic carbocycles. The molecule has 1 rings (SSSR count). The zero-order valence-corrected chi connectivity index (χ0v) is 5.11. The summed E-state index contributed by atoms with van der Waals surface area (Å²) in [5.41, 5.74) is 0. The van der Waals surface area contributed by atoms with Crippen LogP contribution in [0.2, 0.25) is 0 Å². The first-order valence-electron chi connectivity index (χ1n) is 2.83. The highest BCUT2D eigenvalue weighted by molar-refractivity contribution is 5.66. The van der Waals surface area contributed by atoms with Crippen LogP contribution in [0.3, 0.4) is 0 Å². The molecule has 0 atom stereocenters. The van der Waals surface area contributed by atoms with Crippen molar-refractivity contribution in [3.8, 4) is 0 Å². The minimum Gasteiger partial charge on any atom is -0.308 e. The Labute approximate surface area is 55.6 Å². The number of hydrogen-bond donors (Lipinski definition) is 0. The zero-order chi connectivity index (χ0) is 7.78. The Hall–Kier alpha value is -0.740. The highest BCUT2D eigenvalue weighted by Crippen LogP contribution is 2.26. The minimum absolute atomic E-state index is 0.178. The second kappa shape index (κ2) is 2.14. The quantitative estimate of drug-likeness (QED) is 0.380. The van der Waals surface area contributed by atoms with Gasteiger partial charge in [0.1, 0.15) is 0 Å². The standard InChI is InChI=1S/C5H6F3NO/c6-4(10)9-2-1-5(7,8)3-9/h1-3H2. The highest BCUT2D eigenvalue weighted by atomic mass is 19.3. The number of amides is 1. The van der Waals surface area contributed by atoms with E-state index in [-0.39, 0.29) is 6.54 Å². The average molecular weight is 153 g/mol. The fourth-order valence-corrected chi connectivity index (χ4v) is 0.886. The van der Waals surface area contributed by atoms with Gasteiger partial charge in [-0.2, -0.15) is 0 Å². The Balaban J connectivity index is 2.51. The molecule has 2 nitrogen and oxygen atoms in total. The summed E-state index contributed by atoms with van der Waals surface area (Å²) in [6.45, 7) is -0.954. The molecule has 1 amide bonds. The molecule has 0 bridgehead atoms. The molecule has 0 saturated carbocycles. The molecule has 0 unspecified atom stereocenters. The fraction of sp³-hybridized carbons (Fsp3) is 0.800. The van der Waals surface area contributed by atoms with Gasteiger partial charge in [0.25, 0.3) is 5.92 Å². The molecule has 0 aromatic rings. The number of nitrogens with zero attached hydrogens (tertiary/aromatic N) is 1.